The molecule has 1 aliphatic heterocycles. The van der Waals surface area contributed by atoms with Crippen LogP contribution in [0.15, 0.2) is 48.8 Å². The van der Waals surface area contributed by atoms with Gasteiger partial charge in [-0.1, -0.05) is 24.3 Å². The number of carbonyl (C=O) groups is 1. The fourth-order valence-corrected chi connectivity index (χ4v) is 1.91. The van der Waals surface area contributed by atoms with Crippen LogP contribution in [0.25, 0.3) is 11.6 Å². The second-order valence-corrected chi connectivity index (χ2v) is 3.84. The van der Waals surface area contributed by atoms with Gasteiger partial charge in [-0.15, -0.1) is 0 Å². The summed E-state index contributed by atoms with van der Waals surface area (Å²) in [5.74, 6) is -0.0601. The molecule has 2 aromatic rings. The maximum Gasteiger partial charge on any atom is 0.256 e. The van der Waals surface area contributed by atoms with Gasteiger partial charge < -0.3 is 5.32 Å². The van der Waals surface area contributed by atoms with Gasteiger partial charge in [-0.25, -0.2) is 0 Å². The third-order valence-corrected chi connectivity index (χ3v) is 2.71. The Morgan fingerprint density at radius 1 is 1.12 bits per heavy atom. The van der Waals surface area contributed by atoms with Crippen LogP contribution in [-0.2, 0) is 4.79 Å². The lowest BCUT2D eigenvalue weighted by atomic mass is 10.1. The summed E-state index contributed by atoms with van der Waals surface area (Å²) in [7, 11) is 0. The normalized spacial score (nSPS) is 15.8. The highest BCUT2D eigenvalue weighted by Crippen LogP contribution is 2.32. The standard InChI is InChI=1S/C14H10N2O/c17-14-12(8-10-4-3-7-15-9-10)11-5-1-2-6-13(11)16-14/h1-9H,(H,16,17)/b12-8+. The average Bonchev–Trinajstić information content (AvgIpc) is 2.68. The maximum atomic E-state index is 11.8. The smallest absolute Gasteiger partial charge is 0.256 e. The summed E-state index contributed by atoms with van der Waals surface area (Å²) in [6, 6.07) is 11.5. The molecule has 2 heterocycles. The van der Waals surface area contributed by atoms with E-state index in [1.165, 1.54) is 0 Å². The molecule has 0 atom stereocenters. The zero-order valence-corrected chi connectivity index (χ0v) is 9.05. The predicted molar refractivity (Wildman–Crippen MR) is 67.2 cm³/mol. The number of aromatic nitrogens is 1. The number of amides is 1. The first kappa shape index (κ1) is 9.78. The zero-order valence-electron chi connectivity index (χ0n) is 9.05. The second-order valence-electron chi connectivity index (χ2n) is 3.84. The first-order valence-electron chi connectivity index (χ1n) is 5.37. The molecular formula is C14H10N2O. The van der Waals surface area contributed by atoms with Crippen molar-refractivity contribution in [1.29, 1.82) is 0 Å². The van der Waals surface area contributed by atoms with Crippen molar-refractivity contribution in [3.05, 3.63) is 59.9 Å². The van der Waals surface area contributed by atoms with E-state index in [0.29, 0.717) is 5.57 Å². The molecule has 1 N–H and O–H groups in total. The summed E-state index contributed by atoms with van der Waals surface area (Å²) in [6.07, 6.45) is 5.31. The van der Waals surface area contributed by atoms with Gasteiger partial charge in [0, 0.05) is 29.2 Å². The van der Waals surface area contributed by atoms with Gasteiger partial charge in [0.05, 0.1) is 0 Å². The Bertz CT molecular complexity index is 603. The molecule has 0 saturated heterocycles. The van der Waals surface area contributed by atoms with E-state index in [1.54, 1.807) is 12.4 Å². The van der Waals surface area contributed by atoms with Crippen LogP contribution in [0, 0.1) is 0 Å². The second kappa shape index (κ2) is 3.87. The first-order valence-corrected chi connectivity index (χ1v) is 5.37. The maximum absolute atomic E-state index is 11.8. The Labute approximate surface area is 98.8 Å². The van der Waals surface area contributed by atoms with Crippen LogP contribution in [-0.4, -0.2) is 10.9 Å². The molecule has 0 fully saturated rings. The number of anilines is 1. The Morgan fingerprint density at radius 3 is 2.82 bits per heavy atom. The van der Waals surface area contributed by atoms with Gasteiger partial charge in [0.15, 0.2) is 0 Å². The summed E-state index contributed by atoms with van der Waals surface area (Å²) >= 11 is 0. The number of pyridine rings is 1. The molecule has 3 heteroatoms. The highest BCUT2D eigenvalue weighted by atomic mass is 16.1. The molecule has 3 rings (SSSR count). The SMILES string of the molecule is O=C1Nc2ccccc2/C1=C\c1cccnc1. The molecule has 1 amide bonds. The minimum absolute atomic E-state index is 0.0601. The Hall–Kier alpha value is -2.42. The molecule has 0 saturated carbocycles. The van der Waals surface area contributed by atoms with Crippen molar-refractivity contribution in [3.8, 4) is 0 Å². The number of nitrogens with zero attached hydrogens (tertiary/aromatic N) is 1. The van der Waals surface area contributed by atoms with E-state index in [9.17, 15) is 4.79 Å². The van der Waals surface area contributed by atoms with E-state index in [2.05, 4.69) is 10.3 Å². The van der Waals surface area contributed by atoms with E-state index in [4.69, 9.17) is 0 Å². The van der Waals surface area contributed by atoms with Gasteiger partial charge >= 0.3 is 0 Å². The zero-order chi connectivity index (χ0) is 11.7. The molecule has 0 spiro atoms. The highest BCUT2D eigenvalue weighted by molar-refractivity contribution is 6.34. The summed E-state index contributed by atoms with van der Waals surface area (Å²) in [4.78, 5) is 15.9. The van der Waals surface area contributed by atoms with E-state index >= 15 is 0 Å². The van der Waals surface area contributed by atoms with Gasteiger partial charge in [-0.05, 0) is 23.8 Å². The average molecular weight is 222 g/mol. The van der Waals surface area contributed by atoms with Gasteiger partial charge in [0.1, 0.15) is 0 Å². The van der Waals surface area contributed by atoms with E-state index < -0.39 is 0 Å². The van der Waals surface area contributed by atoms with E-state index in [0.717, 1.165) is 16.8 Å². The first-order chi connectivity index (χ1) is 8.34. The third kappa shape index (κ3) is 1.72. The van der Waals surface area contributed by atoms with E-state index in [1.807, 2.05) is 42.5 Å². The molecule has 1 aliphatic rings. The molecular weight excluding hydrogens is 212 g/mol. The predicted octanol–water partition coefficient (Wildman–Crippen LogP) is 2.57. The Morgan fingerprint density at radius 2 is 2.00 bits per heavy atom. The van der Waals surface area contributed by atoms with E-state index in [-0.39, 0.29) is 5.91 Å². The largest absolute Gasteiger partial charge is 0.321 e. The Kier molecular flexibility index (Phi) is 2.22. The Balaban J connectivity index is 2.10. The lowest BCUT2D eigenvalue weighted by Crippen LogP contribution is -2.03. The fourth-order valence-electron chi connectivity index (χ4n) is 1.91. The minimum atomic E-state index is -0.0601. The molecule has 0 radical (unpaired) electrons. The van der Waals surface area contributed by atoms with Gasteiger partial charge in [-0.2, -0.15) is 0 Å². The highest BCUT2D eigenvalue weighted by Gasteiger charge is 2.22. The fraction of sp³-hybridized carbons (Fsp3) is 0. The molecule has 0 unspecified atom stereocenters. The van der Waals surface area contributed by atoms with Crippen molar-refractivity contribution in [2.45, 2.75) is 0 Å². The third-order valence-electron chi connectivity index (χ3n) is 2.71. The molecule has 1 aromatic heterocycles. The number of carbonyl (C=O) groups excluding carboxylic acids is 1. The van der Waals surface area contributed by atoms with Crippen molar-refractivity contribution in [3.63, 3.8) is 0 Å². The van der Waals surface area contributed by atoms with Crippen LogP contribution in [0.3, 0.4) is 0 Å². The summed E-state index contributed by atoms with van der Waals surface area (Å²) in [5.41, 5.74) is 3.43. The van der Waals surface area contributed by atoms with Gasteiger partial charge in [-0.3, -0.25) is 9.78 Å². The van der Waals surface area contributed by atoms with Crippen molar-refractivity contribution < 1.29 is 4.79 Å². The van der Waals surface area contributed by atoms with Crippen LogP contribution in [0.2, 0.25) is 0 Å². The number of nitrogens with one attached hydrogen (secondary N) is 1. The molecule has 1 aromatic carbocycles. The van der Waals surface area contributed by atoms with Crippen molar-refractivity contribution >= 4 is 23.2 Å². The quantitative estimate of drug-likeness (QED) is 0.753. The van der Waals surface area contributed by atoms with Crippen LogP contribution in [0.5, 0.6) is 0 Å². The number of hydrogen-bond acceptors (Lipinski definition) is 2. The van der Waals surface area contributed by atoms with Crippen molar-refractivity contribution in [1.82, 2.24) is 4.98 Å². The van der Waals surface area contributed by atoms with Crippen molar-refractivity contribution in [2.24, 2.45) is 0 Å². The van der Waals surface area contributed by atoms with Crippen LogP contribution in [0.1, 0.15) is 11.1 Å². The lowest BCUT2D eigenvalue weighted by molar-refractivity contribution is -0.110. The summed E-state index contributed by atoms with van der Waals surface area (Å²) < 4.78 is 0. The minimum Gasteiger partial charge on any atom is -0.321 e. The van der Waals surface area contributed by atoms with Gasteiger partial charge in [0.2, 0.25) is 0 Å². The number of fused-ring (bicyclic) bond motifs is 1. The number of benzene rings is 1. The van der Waals surface area contributed by atoms with Crippen molar-refractivity contribution in [2.75, 3.05) is 5.32 Å². The van der Waals surface area contributed by atoms with Gasteiger partial charge in [0.25, 0.3) is 5.91 Å². The topological polar surface area (TPSA) is 42.0 Å². The molecule has 3 nitrogen and oxygen atoms in total. The number of rotatable bonds is 1. The monoisotopic (exact) mass is 222 g/mol. The molecule has 17 heavy (non-hydrogen) atoms. The lowest BCUT2D eigenvalue weighted by Gasteiger charge is -1.97. The molecule has 0 aliphatic carbocycles. The van der Waals surface area contributed by atoms with Crippen LogP contribution >= 0.6 is 0 Å². The van der Waals surface area contributed by atoms with Crippen LogP contribution < -0.4 is 5.32 Å². The number of hydrogen-bond donors (Lipinski definition) is 1. The summed E-state index contributed by atoms with van der Waals surface area (Å²) in [5, 5.41) is 2.84. The molecule has 0 bridgehead atoms. The molecule has 82 valence electrons. The summed E-state index contributed by atoms with van der Waals surface area (Å²) in [6.45, 7) is 0. The van der Waals surface area contributed by atoms with Crippen LogP contribution in [0.4, 0.5) is 5.69 Å². The number of para-hydroxylation sites is 1.